The molecule has 2 N–H and O–H groups in total. The third-order valence-electron chi connectivity index (χ3n) is 7.01. The lowest BCUT2D eigenvalue weighted by Crippen LogP contribution is -2.13. The van der Waals surface area contributed by atoms with Gasteiger partial charge in [-0.15, -0.1) is 0 Å². The van der Waals surface area contributed by atoms with Crippen molar-refractivity contribution in [1.29, 1.82) is 0 Å². The summed E-state index contributed by atoms with van der Waals surface area (Å²) in [7, 11) is -4.32. The number of benzene rings is 5. The van der Waals surface area contributed by atoms with E-state index in [0.717, 1.165) is 56.3 Å². The summed E-state index contributed by atoms with van der Waals surface area (Å²) in [6.07, 6.45) is -4.00. The lowest BCUT2D eigenvalue weighted by molar-refractivity contribution is -0.137. The molecule has 0 fully saturated rings. The number of nitrogens with one attached hydrogen (secondary N) is 1. The fourth-order valence-electron chi connectivity index (χ4n) is 5.05. The highest BCUT2D eigenvalue weighted by Gasteiger charge is 2.30. The fourth-order valence-corrected chi connectivity index (χ4v) is 5.75. The van der Waals surface area contributed by atoms with E-state index in [2.05, 4.69) is 11.4 Å². The maximum absolute atomic E-state index is 13.0. The van der Waals surface area contributed by atoms with Gasteiger partial charge in [-0.25, -0.2) is 0 Å². The lowest BCUT2D eigenvalue weighted by Gasteiger charge is -2.12. The minimum Gasteiger partial charge on any atom is -0.309 e. The SMILES string of the molecule is Cc1ccc(S(=O)(=O)O)c(Cc2cccc(CNCc3ccc4c(-c5ccc(C(F)(F)F)cc5)cccc4c3)c2)c1. The molecular weight excluding hydrogens is 547 g/mol. The molecule has 5 aromatic rings. The minimum absolute atomic E-state index is 0.0792. The van der Waals surface area contributed by atoms with Crippen LogP contribution in [-0.4, -0.2) is 13.0 Å². The quantitative estimate of drug-likeness (QED) is 0.184. The molecule has 0 bridgehead atoms. The summed E-state index contributed by atoms with van der Waals surface area (Å²) in [5.74, 6) is 0. The van der Waals surface area contributed by atoms with E-state index in [1.165, 1.54) is 18.2 Å². The van der Waals surface area contributed by atoms with Gasteiger partial charge in [-0.3, -0.25) is 4.55 Å². The van der Waals surface area contributed by atoms with Gasteiger partial charge in [0.25, 0.3) is 10.1 Å². The Bertz CT molecular complexity index is 1810. The molecule has 0 saturated heterocycles. The van der Waals surface area contributed by atoms with Crippen molar-refractivity contribution < 1.29 is 26.1 Å². The van der Waals surface area contributed by atoms with Gasteiger partial charge in [-0.05, 0) is 81.8 Å². The van der Waals surface area contributed by atoms with Crippen molar-refractivity contribution in [1.82, 2.24) is 5.32 Å². The number of fused-ring (bicyclic) bond motifs is 1. The van der Waals surface area contributed by atoms with Gasteiger partial charge in [-0.2, -0.15) is 21.6 Å². The van der Waals surface area contributed by atoms with Crippen LogP contribution in [0.5, 0.6) is 0 Å². The highest BCUT2D eigenvalue weighted by molar-refractivity contribution is 7.85. The predicted molar refractivity (Wildman–Crippen MR) is 155 cm³/mol. The molecule has 0 atom stereocenters. The highest BCUT2D eigenvalue weighted by atomic mass is 32.2. The van der Waals surface area contributed by atoms with Gasteiger partial charge in [0.2, 0.25) is 0 Å². The monoisotopic (exact) mass is 575 g/mol. The maximum Gasteiger partial charge on any atom is 0.416 e. The molecule has 0 spiro atoms. The molecule has 0 aliphatic carbocycles. The van der Waals surface area contributed by atoms with E-state index in [1.807, 2.05) is 61.5 Å². The van der Waals surface area contributed by atoms with Gasteiger partial charge in [0.05, 0.1) is 10.5 Å². The predicted octanol–water partition coefficient (Wildman–Crippen LogP) is 7.96. The Hall–Kier alpha value is -3.98. The normalized spacial score (nSPS) is 12.1. The first-order valence-electron chi connectivity index (χ1n) is 13.0. The Morgan fingerprint density at radius 1 is 0.756 bits per heavy atom. The van der Waals surface area contributed by atoms with Gasteiger partial charge >= 0.3 is 6.18 Å². The molecule has 0 saturated carbocycles. The van der Waals surface area contributed by atoms with Gasteiger partial charge < -0.3 is 5.32 Å². The van der Waals surface area contributed by atoms with Gasteiger partial charge in [-0.1, -0.05) is 84.4 Å². The van der Waals surface area contributed by atoms with Crippen molar-refractivity contribution in [2.75, 3.05) is 0 Å². The fraction of sp³-hybridized carbons (Fsp3) is 0.152. The Kier molecular flexibility index (Phi) is 8.00. The smallest absolute Gasteiger partial charge is 0.309 e. The molecule has 0 unspecified atom stereocenters. The summed E-state index contributed by atoms with van der Waals surface area (Å²) < 4.78 is 72.2. The molecule has 41 heavy (non-hydrogen) atoms. The molecular formula is C33H28F3NO3S. The molecule has 5 aromatic carbocycles. The van der Waals surface area contributed by atoms with Crippen molar-refractivity contribution in [3.05, 3.63) is 137 Å². The zero-order valence-electron chi connectivity index (χ0n) is 22.2. The van der Waals surface area contributed by atoms with Gasteiger partial charge in [0, 0.05) is 13.1 Å². The van der Waals surface area contributed by atoms with Crippen molar-refractivity contribution in [3.63, 3.8) is 0 Å². The van der Waals surface area contributed by atoms with E-state index in [4.69, 9.17) is 0 Å². The Balaban J connectivity index is 1.27. The van der Waals surface area contributed by atoms with Crippen LogP contribution in [0.2, 0.25) is 0 Å². The van der Waals surface area contributed by atoms with Crippen LogP contribution in [0.3, 0.4) is 0 Å². The van der Waals surface area contributed by atoms with E-state index in [9.17, 15) is 26.1 Å². The van der Waals surface area contributed by atoms with Crippen LogP contribution in [0.15, 0.2) is 108 Å². The number of alkyl halides is 3. The third kappa shape index (κ3) is 6.85. The average Bonchev–Trinajstić information content (AvgIpc) is 2.92. The molecule has 5 rings (SSSR count). The second-order valence-corrected chi connectivity index (χ2v) is 11.5. The highest BCUT2D eigenvalue weighted by Crippen LogP contribution is 2.33. The number of hydrogen-bond donors (Lipinski definition) is 2. The molecule has 4 nitrogen and oxygen atoms in total. The molecule has 0 radical (unpaired) electrons. The summed E-state index contributed by atoms with van der Waals surface area (Å²) in [5, 5.41) is 5.40. The van der Waals surface area contributed by atoms with E-state index >= 15 is 0 Å². The Morgan fingerprint density at radius 2 is 1.44 bits per heavy atom. The molecule has 0 amide bonds. The summed E-state index contributed by atoms with van der Waals surface area (Å²) >= 11 is 0. The first-order valence-corrected chi connectivity index (χ1v) is 14.5. The zero-order valence-corrected chi connectivity index (χ0v) is 23.1. The van der Waals surface area contributed by atoms with E-state index < -0.39 is 21.9 Å². The van der Waals surface area contributed by atoms with Crippen LogP contribution in [0.25, 0.3) is 21.9 Å². The number of hydrogen-bond acceptors (Lipinski definition) is 3. The largest absolute Gasteiger partial charge is 0.416 e. The molecule has 0 aliphatic rings. The first kappa shape index (κ1) is 28.5. The molecule has 0 heterocycles. The van der Waals surface area contributed by atoms with E-state index in [0.29, 0.717) is 25.1 Å². The average molecular weight is 576 g/mol. The summed E-state index contributed by atoms with van der Waals surface area (Å²) in [4.78, 5) is -0.0792. The van der Waals surface area contributed by atoms with Crippen molar-refractivity contribution in [2.45, 2.75) is 37.5 Å². The van der Waals surface area contributed by atoms with Crippen LogP contribution in [0.4, 0.5) is 13.2 Å². The first-order chi connectivity index (χ1) is 19.5. The standard InChI is InChI=1S/C33H28F3NO3S/c1-22-8-15-32(41(38,39)40)28(16-22)18-23-4-2-5-24(17-23)20-37-21-25-9-14-31-27(19-25)6-3-7-30(31)26-10-12-29(13-11-26)33(34,35)36/h2-17,19,37H,18,20-21H2,1H3,(H,38,39,40). The lowest BCUT2D eigenvalue weighted by atomic mass is 9.96. The number of halogens is 3. The topological polar surface area (TPSA) is 66.4 Å². The van der Waals surface area contributed by atoms with Gasteiger partial charge in [0.1, 0.15) is 0 Å². The summed E-state index contributed by atoms with van der Waals surface area (Å²) in [6, 6.07) is 29.8. The van der Waals surface area contributed by atoms with Crippen LogP contribution >= 0.6 is 0 Å². The third-order valence-corrected chi connectivity index (χ3v) is 7.96. The minimum atomic E-state index is -4.37. The van der Waals surface area contributed by atoms with Crippen LogP contribution in [0, 0.1) is 6.92 Å². The second-order valence-electron chi connectivity index (χ2n) is 10.1. The summed E-state index contributed by atoms with van der Waals surface area (Å²) in [6.45, 7) is 3.08. The van der Waals surface area contributed by atoms with Crippen molar-refractivity contribution in [2.24, 2.45) is 0 Å². The number of rotatable bonds is 8. The molecule has 210 valence electrons. The van der Waals surface area contributed by atoms with Crippen LogP contribution in [-0.2, 0) is 35.8 Å². The van der Waals surface area contributed by atoms with Crippen LogP contribution in [0.1, 0.15) is 33.4 Å². The van der Waals surface area contributed by atoms with Crippen molar-refractivity contribution in [3.8, 4) is 11.1 Å². The molecule has 8 heteroatoms. The molecule has 0 aromatic heterocycles. The number of aryl methyl sites for hydroxylation is 1. The second kappa shape index (κ2) is 11.5. The summed E-state index contributed by atoms with van der Waals surface area (Å²) in [5.41, 5.74) is 5.42. The Labute approximate surface area is 237 Å². The maximum atomic E-state index is 13.0. The zero-order chi connectivity index (χ0) is 29.2. The van der Waals surface area contributed by atoms with E-state index in [1.54, 1.807) is 12.1 Å². The van der Waals surface area contributed by atoms with Crippen LogP contribution < -0.4 is 5.32 Å². The molecule has 0 aliphatic heterocycles. The van der Waals surface area contributed by atoms with Gasteiger partial charge in [0.15, 0.2) is 0 Å². The Morgan fingerprint density at radius 3 is 2.15 bits per heavy atom. The van der Waals surface area contributed by atoms with Crippen molar-refractivity contribution >= 4 is 20.9 Å². The van der Waals surface area contributed by atoms with E-state index in [-0.39, 0.29) is 4.90 Å².